The number of carbonyl (C=O) groups is 1. The molecular formula is C14H19NO3. The van der Waals surface area contributed by atoms with Crippen LogP contribution in [0.5, 0.6) is 5.75 Å². The molecule has 0 atom stereocenters. The summed E-state index contributed by atoms with van der Waals surface area (Å²) in [5.41, 5.74) is -0.198. The highest BCUT2D eigenvalue weighted by atomic mass is 16.3. The van der Waals surface area contributed by atoms with E-state index < -0.39 is 5.60 Å². The van der Waals surface area contributed by atoms with Gasteiger partial charge in [-0.2, -0.15) is 0 Å². The minimum atomic E-state index is -0.834. The topological polar surface area (TPSA) is 69.6 Å². The van der Waals surface area contributed by atoms with E-state index in [4.69, 9.17) is 5.11 Å². The van der Waals surface area contributed by atoms with Crippen LogP contribution in [-0.4, -0.2) is 21.7 Å². The molecule has 18 heavy (non-hydrogen) atoms. The summed E-state index contributed by atoms with van der Waals surface area (Å²) in [4.78, 5) is 11.8. The Kier molecular flexibility index (Phi) is 3.87. The van der Waals surface area contributed by atoms with Crippen LogP contribution < -0.4 is 5.32 Å². The fourth-order valence-corrected chi connectivity index (χ4v) is 2.44. The molecule has 1 aliphatic carbocycles. The molecule has 1 amide bonds. The van der Waals surface area contributed by atoms with E-state index in [0.29, 0.717) is 18.5 Å². The van der Waals surface area contributed by atoms with Crippen molar-refractivity contribution >= 4 is 11.6 Å². The minimum absolute atomic E-state index is 0.147. The molecule has 0 bridgehead atoms. The van der Waals surface area contributed by atoms with E-state index in [1.165, 1.54) is 12.1 Å². The molecule has 0 aliphatic heterocycles. The predicted molar refractivity (Wildman–Crippen MR) is 69.4 cm³/mol. The number of hydrogen-bond acceptors (Lipinski definition) is 3. The average molecular weight is 249 g/mol. The normalized spacial score (nSPS) is 18.3. The first-order valence-electron chi connectivity index (χ1n) is 6.39. The van der Waals surface area contributed by atoms with Crippen molar-refractivity contribution in [2.45, 2.75) is 44.1 Å². The molecule has 0 aromatic heterocycles. The molecule has 3 N–H and O–H groups in total. The highest BCUT2D eigenvalue weighted by Gasteiger charge is 2.31. The molecule has 1 fully saturated rings. The summed E-state index contributed by atoms with van der Waals surface area (Å²) < 4.78 is 0. The lowest BCUT2D eigenvalue weighted by Gasteiger charge is -2.31. The zero-order valence-electron chi connectivity index (χ0n) is 10.4. The molecule has 1 aromatic rings. The molecular weight excluding hydrogens is 230 g/mol. The van der Waals surface area contributed by atoms with Crippen LogP contribution >= 0.6 is 0 Å². The third-order valence-corrected chi connectivity index (χ3v) is 3.42. The Hall–Kier alpha value is -1.55. The maximum Gasteiger partial charge on any atom is 0.227 e. The van der Waals surface area contributed by atoms with E-state index >= 15 is 0 Å². The molecule has 0 saturated heterocycles. The van der Waals surface area contributed by atoms with Crippen molar-refractivity contribution in [3.05, 3.63) is 24.3 Å². The lowest BCUT2D eigenvalue weighted by atomic mass is 9.82. The van der Waals surface area contributed by atoms with Crippen LogP contribution in [0.3, 0.4) is 0 Å². The summed E-state index contributed by atoms with van der Waals surface area (Å²) in [5.74, 6) is -0.0102. The Bertz CT molecular complexity index is 408. The van der Waals surface area contributed by atoms with Crippen molar-refractivity contribution in [1.29, 1.82) is 0 Å². The number of anilines is 1. The second-order valence-corrected chi connectivity index (χ2v) is 5.06. The van der Waals surface area contributed by atoms with Crippen molar-refractivity contribution in [2.75, 3.05) is 5.32 Å². The van der Waals surface area contributed by atoms with E-state index in [1.807, 2.05) is 0 Å². The first-order valence-corrected chi connectivity index (χ1v) is 6.39. The van der Waals surface area contributed by atoms with Crippen molar-refractivity contribution in [2.24, 2.45) is 0 Å². The van der Waals surface area contributed by atoms with Gasteiger partial charge in [-0.05, 0) is 37.1 Å². The lowest BCUT2D eigenvalue weighted by Crippen LogP contribution is -2.35. The van der Waals surface area contributed by atoms with Gasteiger partial charge in [-0.25, -0.2) is 0 Å². The van der Waals surface area contributed by atoms with Gasteiger partial charge in [0.05, 0.1) is 12.0 Å². The Labute approximate surface area is 107 Å². The third-order valence-electron chi connectivity index (χ3n) is 3.42. The lowest BCUT2D eigenvalue weighted by molar-refractivity contribution is -0.122. The zero-order valence-corrected chi connectivity index (χ0v) is 10.4. The van der Waals surface area contributed by atoms with E-state index in [1.54, 1.807) is 12.1 Å². The quantitative estimate of drug-likeness (QED) is 0.720. The summed E-state index contributed by atoms with van der Waals surface area (Å²) in [7, 11) is 0. The Morgan fingerprint density at radius 3 is 2.39 bits per heavy atom. The van der Waals surface area contributed by atoms with Crippen LogP contribution in [0, 0.1) is 0 Å². The summed E-state index contributed by atoms with van der Waals surface area (Å²) >= 11 is 0. The molecule has 0 radical (unpaired) electrons. The second-order valence-electron chi connectivity index (χ2n) is 5.06. The monoisotopic (exact) mass is 249 g/mol. The summed E-state index contributed by atoms with van der Waals surface area (Å²) in [5, 5.41) is 22.1. The summed E-state index contributed by atoms with van der Waals surface area (Å²) in [6.45, 7) is 0. The van der Waals surface area contributed by atoms with Gasteiger partial charge >= 0.3 is 0 Å². The van der Waals surface area contributed by atoms with E-state index in [2.05, 4.69) is 5.32 Å². The van der Waals surface area contributed by atoms with Crippen LogP contribution in [0.15, 0.2) is 24.3 Å². The minimum Gasteiger partial charge on any atom is -0.508 e. The van der Waals surface area contributed by atoms with E-state index in [-0.39, 0.29) is 18.1 Å². The Morgan fingerprint density at radius 2 is 1.78 bits per heavy atom. The number of amides is 1. The van der Waals surface area contributed by atoms with Crippen molar-refractivity contribution in [3.8, 4) is 5.75 Å². The number of aliphatic hydroxyl groups is 1. The number of nitrogens with one attached hydrogen (secondary N) is 1. The number of hydrogen-bond donors (Lipinski definition) is 3. The fourth-order valence-electron chi connectivity index (χ4n) is 2.44. The summed E-state index contributed by atoms with van der Waals surface area (Å²) in [6, 6.07) is 6.31. The van der Waals surface area contributed by atoms with Gasteiger partial charge in [-0.1, -0.05) is 19.3 Å². The molecule has 0 unspecified atom stereocenters. The smallest absolute Gasteiger partial charge is 0.227 e. The van der Waals surface area contributed by atoms with Crippen molar-refractivity contribution < 1.29 is 15.0 Å². The fraction of sp³-hybridized carbons (Fsp3) is 0.500. The number of aromatic hydroxyl groups is 1. The zero-order chi connectivity index (χ0) is 13.0. The van der Waals surface area contributed by atoms with Gasteiger partial charge in [-0.3, -0.25) is 4.79 Å². The van der Waals surface area contributed by atoms with Crippen molar-refractivity contribution in [3.63, 3.8) is 0 Å². The van der Waals surface area contributed by atoms with Crippen molar-refractivity contribution in [1.82, 2.24) is 0 Å². The number of phenols is 1. The molecule has 2 rings (SSSR count). The molecule has 1 aromatic carbocycles. The molecule has 1 aliphatic rings. The van der Waals surface area contributed by atoms with Gasteiger partial charge in [0.25, 0.3) is 0 Å². The van der Waals surface area contributed by atoms with Gasteiger partial charge in [0.15, 0.2) is 0 Å². The van der Waals surface area contributed by atoms with E-state index in [9.17, 15) is 9.90 Å². The van der Waals surface area contributed by atoms with Gasteiger partial charge in [0.2, 0.25) is 5.91 Å². The number of carbonyl (C=O) groups excluding carboxylic acids is 1. The van der Waals surface area contributed by atoms with Crippen LogP contribution in [-0.2, 0) is 4.79 Å². The maximum absolute atomic E-state index is 11.8. The average Bonchev–Trinajstić information content (AvgIpc) is 2.32. The van der Waals surface area contributed by atoms with Gasteiger partial charge in [0, 0.05) is 5.69 Å². The van der Waals surface area contributed by atoms with Crippen LogP contribution in [0.2, 0.25) is 0 Å². The van der Waals surface area contributed by atoms with Crippen LogP contribution in [0.4, 0.5) is 5.69 Å². The Balaban J connectivity index is 1.90. The predicted octanol–water partition coefficient (Wildman–Crippen LogP) is 2.42. The van der Waals surface area contributed by atoms with Gasteiger partial charge < -0.3 is 15.5 Å². The third kappa shape index (κ3) is 3.47. The largest absolute Gasteiger partial charge is 0.508 e. The van der Waals surface area contributed by atoms with Crippen LogP contribution in [0.25, 0.3) is 0 Å². The molecule has 0 spiro atoms. The maximum atomic E-state index is 11.8. The highest BCUT2D eigenvalue weighted by molar-refractivity contribution is 5.91. The summed E-state index contributed by atoms with van der Waals surface area (Å²) in [6.07, 6.45) is 4.67. The Morgan fingerprint density at radius 1 is 1.17 bits per heavy atom. The second kappa shape index (κ2) is 5.40. The highest BCUT2D eigenvalue weighted by Crippen LogP contribution is 2.31. The van der Waals surface area contributed by atoms with Crippen LogP contribution in [0.1, 0.15) is 38.5 Å². The standard InChI is InChI=1S/C14H19NO3/c16-12-6-4-11(5-7-12)15-13(17)10-14(18)8-2-1-3-9-14/h4-7,16,18H,1-3,8-10H2,(H,15,17). The molecule has 4 heteroatoms. The molecule has 4 nitrogen and oxygen atoms in total. The number of benzene rings is 1. The number of rotatable bonds is 3. The van der Waals surface area contributed by atoms with E-state index in [0.717, 1.165) is 19.3 Å². The molecule has 98 valence electrons. The first-order chi connectivity index (χ1) is 8.57. The van der Waals surface area contributed by atoms with Gasteiger partial charge in [-0.15, -0.1) is 0 Å². The molecule has 1 saturated carbocycles. The number of phenolic OH excluding ortho intramolecular Hbond substituents is 1. The first kappa shape index (κ1) is 12.9. The van der Waals surface area contributed by atoms with Gasteiger partial charge in [0.1, 0.15) is 5.75 Å². The SMILES string of the molecule is O=C(CC1(O)CCCCC1)Nc1ccc(O)cc1. The molecule has 0 heterocycles.